The van der Waals surface area contributed by atoms with Crippen molar-refractivity contribution in [3.63, 3.8) is 0 Å². The summed E-state index contributed by atoms with van der Waals surface area (Å²) in [7, 11) is 1.37. The van der Waals surface area contributed by atoms with Gasteiger partial charge in [-0.05, 0) is 85.2 Å². The second-order valence-corrected chi connectivity index (χ2v) is 14.1. The zero-order chi connectivity index (χ0) is 40.6. The van der Waals surface area contributed by atoms with Crippen molar-refractivity contribution >= 4 is 23.6 Å². The average Bonchev–Trinajstić information content (AvgIpc) is 3.68. The summed E-state index contributed by atoms with van der Waals surface area (Å²) in [4.78, 5) is 35.0. The Kier molecular flexibility index (Phi) is 11.4. The summed E-state index contributed by atoms with van der Waals surface area (Å²) < 4.78 is 124. The molecule has 19 heteroatoms. The number of alkyl halides is 9. The number of amides is 2. The van der Waals surface area contributed by atoms with Crippen LogP contribution in [0.2, 0.25) is 0 Å². The Bertz CT molecular complexity index is 1990. The van der Waals surface area contributed by atoms with Crippen molar-refractivity contribution in [3.8, 4) is 0 Å². The van der Waals surface area contributed by atoms with Crippen molar-refractivity contribution in [1.29, 1.82) is 0 Å². The smallest absolute Gasteiger partial charge is 0.356 e. The third-order valence-electron chi connectivity index (χ3n) is 10.2. The molecule has 0 bridgehead atoms. The first-order valence-corrected chi connectivity index (χ1v) is 17.9. The van der Waals surface area contributed by atoms with Crippen LogP contribution >= 0.6 is 0 Å². The van der Waals surface area contributed by atoms with Gasteiger partial charge in [0.05, 0.1) is 34.9 Å². The van der Waals surface area contributed by atoms with Gasteiger partial charge >= 0.3 is 18.5 Å². The van der Waals surface area contributed by atoms with Gasteiger partial charge in [0.1, 0.15) is 5.82 Å². The third-order valence-corrected chi connectivity index (χ3v) is 10.2. The third kappa shape index (κ3) is 9.07. The number of hydrogen-bond donors (Lipinski definition) is 0. The lowest BCUT2D eigenvalue weighted by molar-refractivity contribution is -0.143. The van der Waals surface area contributed by atoms with E-state index in [0.717, 1.165) is 41.4 Å². The van der Waals surface area contributed by atoms with Gasteiger partial charge in [-0.3, -0.25) is 14.5 Å². The Hall–Kier alpha value is -5.23. The van der Waals surface area contributed by atoms with Crippen molar-refractivity contribution in [2.75, 3.05) is 29.4 Å². The molecule has 1 fully saturated rings. The molecule has 0 radical (unpaired) electrons. The molecular formula is C37H37F9N8O2. The van der Waals surface area contributed by atoms with Crippen LogP contribution in [-0.2, 0) is 38.7 Å². The van der Waals surface area contributed by atoms with Gasteiger partial charge in [-0.15, -0.1) is 5.10 Å². The summed E-state index contributed by atoms with van der Waals surface area (Å²) in [6.45, 7) is 1.68. The molecule has 2 amide bonds. The lowest BCUT2D eigenvalue weighted by Gasteiger charge is -2.34. The number of carbonyl (C=O) groups is 2. The Morgan fingerprint density at radius 1 is 0.750 bits per heavy atom. The van der Waals surface area contributed by atoms with Gasteiger partial charge < -0.3 is 9.80 Å². The van der Waals surface area contributed by atoms with E-state index in [1.165, 1.54) is 11.9 Å². The van der Waals surface area contributed by atoms with E-state index in [4.69, 9.17) is 0 Å². The zero-order valence-corrected chi connectivity index (χ0v) is 30.2. The molecule has 1 aliphatic heterocycles. The lowest BCUT2D eigenvalue weighted by atomic mass is 9.80. The molecular weight excluding hydrogens is 759 g/mol. The number of benzene rings is 2. The molecule has 0 N–H and O–H groups in total. The quantitative estimate of drug-likeness (QED) is 0.105. The van der Waals surface area contributed by atoms with E-state index in [2.05, 4.69) is 20.4 Å². The maximum atomic E-state index is 14.0. The minimum atomic E-state index is -5.12. The van der Waals surface area contributed by atoms with Crippen LogP contribution in [-0.4, -0.2) is 61.5 Å². The van der Waals surface area contributed by atoms with Crippen LogP contribution in [0, 0.1) is 11.8 Å². The van der Waals surface area contributed by atoms with Gasteiger partial charge in [0, 0.05) is 44.5 Å². The summed E-state index contributed by atoms with van der Waals surface area (Å²) in [6, 6.07) is 8.60. The minimum absolute atomic E-state index is 0.00761. The molecule has 4 aromatic rings. The second-order valence-electron chi connectivity index (χ2n) is 14.1. The summed E-state index contributed by atoms with van der Waals surface area (Å²) in [5.74, 6) is -0.371. The second kappa shape index (κ2) is 15.7. The van der Waals surface area contributed by atoms with E-state index >= 15 is 0 Å². The summed E-state index contributed by atoms with van der Waals surface area (Å²) in [5.41, 5.74) is -3.87. The van der Waals surface area contributed by atoms with Gasteiger partial charge in [-0.2, -0.15) is 44.3 Å². The van der Waals surface area contributed by atoms with Crippen LogP contribution in [0.15, 0.2) is 54.7 Å². The molecule has 2 aromatic heterocycles. The van der Waals surface area contributed by atoms with Gasteiger partial charge in [-0.25, -0.2) is 4.98 Å². The van der Waals surface area contributed by atoms with E-state index in [1.54, 1.807) is 36.1 Å². The van der Waals surface area contributed by atoms with E-state index in [-0.39, 0.29) is 53.6 Å². The summed E-state index contributed by atoms with van der Waals surface area (Å²) in [6.07, 6.45) is -10.7. The predicted octanol–water partition coefficient (Wildman–Crippen LogP) is 8.19. The molecule has 10 nitrogen and oxygen atoms in total. The number of aromatic nitrogens is 5. The van der Waals surface area contributed by atoms with Crippen LogP contribution in [0.25, 0.3) is 0 Å². The maximum Gasteiger partial charge on any atom is 0.417 e. The normalized spacial score (nSPS) is 17.7. The Morgan fingerprint density at radius 2 is 1.32 bits per heavy atom. The van der Waals surface area contributed by atoms with E-state index in [0.29, 0.717) is 49.0 Å². The zero-order valence-electron chi connectivity index (χ0n) is 30.2. The number of aryl methyl sites for hydroxylation is 1. The van der Waals surface area contributed by atoms with Crippen LogP contribution in [0.3, 0.4) is 0 Å². The molecule has 0 spiro atoms. The molecule has 56 heavy (non-hydrogen) atoms. The van der Waals surface area contributed by atoms with Gasteiger partial charge in [0.25, 0.3) is 17.8 Å². The highest BCUT2D eigenvalue weighted by atomic mass is 19.4. The van der Waals surface area contributed by atoms with E-state index in [1.807, 2.05) is 0 Å². The fraction of sp³-hybridized carbons (Fsp3) is 0.459. The number of pyridine rings is 1. The first kappa shape index (κ1) is 40.4. The Morgan fingerprint density at radius 3 is 1.84 bits per heavy atom. The fourth-order valence-corrected chi connectivity index (χ4v) is 7.33. The van der Waals surface area contributed by atoms with Crippen LogP contribution in [0.4, 0.5) is 51.3 Å². The molecule has 1 saturated carbocycles. The maximum absolute atomic E-state index is 14.0. The van der Waals surface area contributed by atoms with Crippen molar-refractivity contribution in [3.05, 3.63) is 93.7 Å². The number of fused-ring (bicyclic) bond motifs is 1. The number of tetrazole rings is 1. The van der Waals surface area contributed by atoms with Gasteiger partial charge in [0.15, 0.2) is 0 Å². The van der Waals surface area contributed by atoms with Crippen LogP contribution in [0.1, 0.15) is 87.6 Å². The number of imide groups is 1. The Balaban J connectivity index is 1.21. The monoisotopic (exact) mass is 796 g/mol. The highest BCUT2D eigenvalue weighted by Crippen LogP contribution is 2.39. The van der Waals surface area contributed by atoms with Crippen molar-refractivity contribution in [1.82, 2.24) is 30.1 Å². The molecule has 300 valence electrons. The number of nitrogens with zero attached hydrogens (tertiary/aromatic N) is 8. The molecule has 0 saturated heterocycles. The number of anilines is 2. The number of halogens is 9. The highest BCUT2D eigenvalue weighted by molar-refractivity contribution is 6.21. The number of hydrogen-bond acceptors (Lipinski definition) is 8. The Labute approximate surface area is 315 Å². The molecule has 0 atom stereocenters. The average molecular weight is 797 g/mol. The van der Waals surface area contributed by atoms with Crippen molar-refractivity contribution in [2.45, 2.75) is 70.6 Å². The van der Waals surface area contributed by atoms with Gasteiger partial charge in [-0.1, -0.05) is 30.1 Å². The molecule has 1 aliphatic carbocycles. The largest absolute Gasteiger partial charge is 0.417 e. The number of rotatable bonds is 12. The highest BCUT2D eigenvalue weighted by Gasteiger charge is 2.39. The topological polar surface area (TPSA) is 100 Å². The number of carbonyl (C=O) groups excluding carboxylic acids is 2. The molecule has 2 aliphatic rings. The lowest BCUT2D eigenvalue weighted by Crippen LogP contribution is -2.35. The SMILES string of the molecule is CCN(C[C@H]1CC[C@H](CCN2C(=O)c3ccccc3C2=O)CC1)c1ncc(C(F)(F)F)cc1CN(Cc1cc(C(F)(F)F)cc(C(F)(F)F)c1)c1nnn(C)n1. The van der Waals surface area contributed by atoms with Gasteiger partial charge in [0.2, 0.25) is 0 Å². The first-order chi connectivity index (χ1) is 26.3. The van der Waals surface area contributed by atoms with E-state index in [9.17, 15) is 49.1 Å². The van der Waals surface area contributed by atoms with Crippen molar-refractivity contribution < 1.29 is 49.1 Å². The molecule has 0 unspecified atom stereocenters. The van der Waals surface area contributed by atoms with E-state index < -0.39 is 53.9 Å². The van der Waals surface area contributed by atoms with Crippen LogP contribution < -0.4 is 9.80 Å². The molecule has 6 rings (SSSR count). The van der Waals surface area contributed by atoms with Crippen molar-refractivity contribution in [2.24, 2.45) is 18.9 Å². The predicted molar refractivity (Wildman–Crippen MR) is 184 cm³/mol. The summed E-state index contributed by atoms with van der Waals surface area (Å²) >= 11 is 0. The summed E-state index contributed by atoms with van der Waals surface area (Å²) in [5, 5.41) is 11.6. The minimum Gasteiger partial charge on any atom is -0.356 e. The first-order valence-electron chi connectivity index (χ1n) is 17.9. The standard InChI is InChI=1S/C37H37F9N8O2/c1-3-52(19-23-10-8-22(9-11-23)12-13-54-32(55)29-6-4-5-7-30(29)33(54)56)31-25(16-28(18-47-31)37(44,45)46)21-53(34-48-50-51(2)49-34)20-24-14-26(35(38,39)40)17-27(15-24)36(41,42)43/h4-7,14-18,22-23H,3,8-13,19-21H2,1-2H3/t22-,23-. The molecule has 3 heterocycles. The van der Waals surface area contributed by atoms with Crippen LogP contribution in [0.5, 0.6) is 0 Å². The fourth-order valence-electron chi connectivity index (χ4n) is 7.33. The molecule has 2 aromatic carbocycles.